The number of nitro benzene ring substituents is 1. The molecule has 0 spiro atoms. The highest BCUT2D eigenvalue weighted by Crippen LogP contribution is 2.29. The minimum Gasteiger partial charge on any atom is -0.337 e. The number of anilines is 1. The Kier molecular flexibility index (Phi) is 10.0. The van der Waals surface area contributed by atoms with E-state index in [4.69, 9.17) is 23.2 Å². The molecule has 8 nitrogen and oxygen atoms in total. The van der Waals surface area contributed by atoms with Gasteiger partial charge in [-0.3, -0.25) is 10.1 Å². The lowest BCUT2D eigenvalue weighted by Gasteiger charge is -2.40. The molecule has 2 aliphatic heterocycles. The van der Waals surface area contributed by atoms with E-state index in [-0.39, 0.29) is 17.6 Å². The molecule has 0 saturated carbocycles. The number of amides is 2. The van der Waals surface area contributed by atoms with Gasteiger partial charge >= 0.3 is 6.03 Å². The minimum absolute atomic E-state index is 0.0226. The average molecular weight is 549 g/mol. The Morgan fingerprint density at radius 2 is 1.70 bits per heavy atom. The molecule has 2 heterocycles. The van der Waals surface area contributed by atoms with Crippen LogP contribution >= 0.6 is 23.2 Å². The zero-order chi connectivity index (χ0) is 26.2. The average Bonchev–Trinajstić information content (AvgIpc) is 2.91. The van der Waals surface area contributed by atoms with Crippen molar-refractivity contribution in [1.82, 2.24) is 15.1 Å². The van der Waals surface area contributed by atoms with Gasteiger partial charge in [0.2, 0.25) is 0 Å². The Balaban J connectivity index is 1.31. The zero-order valence-corrected chi connectivity index (χ0v) is 22.5. The van der Waals surface area contributed by atoms with Crippen LogP contribution in [0.15, 0.2) is 42.5 Å². The number of piperidine rings is 2. The lowest BCUT2D eigenvalue weighted by atomic mass is 9.94. The number of carbonyl (C=O) groups is 1. The molecular formula is C27H35Cl2N5O3. The summed E-state index contributed by atoms with van der Waals surface area (Å²) >= 11 is 12.5. The van der Waals surface area contributed by atoms with Crippen molar-refractivity contribution in [2.24, 2.45) is 0 Å². The number of nitrogens with one attached hydrogen (secondary N) is 2. The van der Waals surface area contributed by atoms with Crippen LogP contribution in [0.25, 0.3) is 0 Å². The second-order valence-electron chi connectivity index (χ2n) is 9.97. The molecule has 0 radical (unpaired) electrons. The lowest BCUT2D eigenvalue weighted by Crippen LogP contribution is -2.47. The molecular weight excluding hydrogens is 513 g/mol. The van der Waals surface area contributed by atoms with Gasteiger partial charge in [0.1, 0.15) is 0 Å². The number of non-ortho nitro benzene ring substituents is 1. The molecule has 2 fully saturated rings. The van der Waals surface area contributed by atoms with Gasteiger partial charge in [-0.2, -0.15) is 0 Å². The summed E-state index contributed by atoms with van der Waals surface area (Å²) in [7, 11) is 0. The van der Waals surface area contributed by atoms with Crippen molar-refractivity contribution in [1.29, 1.82) is 0 Å². The van der Waals surface area contributed by atoms with Gasteiger partial charge in [-0.05, 0) is 94.7 Å². The minimum atomic E-state index is -0.470. The normalized spacial score (nSPS) is 18.3. The van der Waals surface area contributed by atoms with Crippen LogP contribution in [0.3, 0.4) is 0 Å². The SMILES string of the molecule is O=C(NCC(CCN1CCC(N2CCCCC2)CC1)c1ccc(Cl)c(Cl)c1)Nc1ccc([N+](=O)[O-])cc1. The monoisotopic (exact) mass is 547 g/mol. The van der Waals surface area contributed by atoms with Gasteiger partial charge in [0.15, 0.2) is 0 Å². The highest BCUT2D eigenvalue weighted by Gasteiger charge is 2.26. The fourth-order valence-electron chi connectivity index (χ4n) is 5.34. The number of likely N-dealkylation sites (tertiary alicyclic amines) is 2. The number of hydrogen-bond acceptors (Lipinski definition) is 5. The number of halogens is 2. The summed E-state index contributed by atoms with van der Waals surface area (Å²) in [5, 5.41) is 17.5. The van der Waals surface area contributed by atoms with Crippen molar-refractivity contribution in [3.05, 3.63) is 68.2 Å². The van der Waals surface area contributed by atoms with Gasteiger partial charge in [-0.25, -0.2) is 4.79 Å². The summed E-state index contributed by atoms with van der Waals surface area (Å²) in [6.45, 7) is 6.08. The second-order valence-corrected chi connectivity index (χ2v) is 10.8. The molecule has 10 heteroatoms. The van der Waals surface area contributed by atoms with Gasteiger partial charge in [0.25, 0.3) is 5.69 Å². The van der Waals surface area contributed by atoms with E-state index >= 15 is 0 Å². The third kappa shape index (κ3) is 8.04. The number of nitro groups is 1. The summed E-state index contributed by atoms with van der Waals surface area (Å²) in [5.41, 5.74) is 1.50. The van der Waals surface area contributed by atoms with E-state index in [9.17, 15) is 14.9 Å². The van der Waals surface area contributed by atoms with Crippen molar-refractivity contribution in [2.75, 3.05) is 44.6 Å². The Bertz CT molecular complexity index is 1050. The van der Waals surface area contributed by atoms with E-state index in [2.05, 4.69) is 20.4 Å². The van der Waals surface area contributed by atoms with Crippen LogP contribution in [0.2, 0.25) is 10.0 Å². The molecule has 2 aromatic rings. The molecule has 2 aromatic carbocycles. The first-order chi connectivity index (χ1) is 17.9. The topological polar surface area (TPSA) is 90.8 Å². The number of hydrogen-bond donors (Lipinski definition) is 2. The second kappa shape index (κ2) is 13.4. The molecule has 0 aliphatic carbocycles. The number of rotatable bonds is 9. The maximum atomic E-state index is 12.6. The van der Waals surface area contributed by atoms with Gasteiger partial charge in [0.05, 0.1) is 15.0 Å². The summed E-state index contributed by atoms with van der Waals surface area (Å²) in [6.07, 6.45) is 7.34. The standard InChI is InChI=1S/C27H35Cl2N5O3/c28-25-9-4-20(18-26(25)29)21(19-30-27(35)31-22-5-7-24(8-6-22)34(36)37)10-15-32-16-11-23(12-17-32)33-13-2-1-3-14-33/h4-9,18,21,23H,1-3,10-17,19H2,(H2,30,31,35). The van der Waals surface area contributed by atoms with Crippen molar-refractivity contribution in [3.63, 3.8) is 0 Å². The van der Waals surface area contributed by atoms with Crippen molar-refractivity contribution >= 4 is 40.6 Å². The van der Waals surface area contributed by atoms with E-state index in [1.54, 1.807) is 6.07 Å². The van der Waals surface area contributed by atoms with Gasteiger partial charge in [-0.1, -0.05) is 35.7 Å². The predicted octanol–water partition coefficient (Wildman–Crippen LogP) is 6.15. The van der Waals surface area contributed by atoms with Gasteiger partial charge < -0.3 is 20.4 Å². The van der Waals surface area contributed by atoms with Crippen molar-refractivity contribution < 1.29 is 9.72 Å². The lowest BCUT2D eigenvalue weighted by molar-refractivity contribution is -0.384. The molecule has 1 atom stereocenters. The molecule has 1 unspecified atom stereocenters. The highest BCUT2D eigenvalue weighted by atomic mass is 35.5. The first-order valence-electron chi connectivity index (χ1n) is 13.1. The van der Waals surface area contributed by atoms with Crippen molar-refractivity contribution in [2.45, 2.75) is 50.5 Å². The molecule has 37 heavy (non-hydrogen) atoms. The first-order valence-corrected chi connectivity index (χ1v) is 13.9. The molecule has 0 aromatic heterocycles. The summed E-state index contributed by atoms with van der Waals surface area (Å²) in [6, 6.07) is 11.8. The third-order valence-electron chi connectivity index (χ3n) is 7.52. The zero-order valence-electron chi connectivity index (χ0n) is 21.0. The number of carbonyl (C=O) groups excluding carboxylic acids is 1. The van der Waals surface area contributed by atoms with Crippen molar-refractivity contribution in [3.8, 4) is 0 Å². The Labute approximate surface area is 228 Å². The third-order valence-corrected chi connectivity index (χ3v) is 8.26. The van der Waals surface area contributed by atoms with Crippen LogP contribution in [-0.4, -0.2) is 66.1 Å². The molecule has 4 rings (SSSR count). The van der Waals surface area contributed by atoms with Crippen LogP contribution < -0.4 is 10.6 Å². The highest BCUT2D eigenvalue weighted by molar-refractivity contribution is 6.42. The Morgan fingerprint density at radius 1 is 1.00 bits per heavy atom. The van der Waals surface area contributed by atoms with Crippen LogP contribution in [0, 0.1) is 10.1 Å². The number of nitrogens with zero attached hydrogens (tertiary/aromatic N) is 3. The summed E-state index contributed by atoms with van der Waals surface area (Å²) in [4.78, 5) is 28.1. The van der Waals surface area contributed by atoms with Crippen LogP contribution in [0.5, 0.6) is 0 Å². The molecule has 200 valence electrons. The van der Waals surface area contributed by atoms with Crippen LogP contribution in [-0.2, 0) is 0 Å². The van der Waals surface area contributed by atoms with Crippen LogP contribution in [0.1, 0.15) is 50.0 Å². The molecule has 0 bridgehead atoms. The maximum Gasteiger partial charge on any atom is 0.319 e. The summed E-state index contributed by atoms with van der Waals surface area (Å²) < 4.78 is 0. The number of urea groups is 1. The number of benzene rings is 2. The molecule has 2 aliphatic rings. The fourth-order valence-corrected chi connectivity index (χ4v) is 5.65. The van der Waals surface area contributed by atoms with E-state index in [0.717, 1.165) is 31.6 Å². The van der Waals surface area contributed by atoms with E-state index < -0.39 is 4.92 Å². The Hall–Kier alpha value is -2.39. The molecule has 2 saturated heterocycles. The molecule has 2 N–H and O–H groups in total. The fraction of sp³-hybridized carbons (Fsp3) is 0.519. The van der Waals surface area contributed by atoms with E-state index in [0.29, 0.717) is 28.3 Å². The smallest absolute Gasteiger partial charge is 0.319 e. The largest absolute Gasteiger partial charge is 0.337 e. The van der Waals surface area contributed by atoms with E-state index in [1.807, 2.05) is 12.1 Å². The summed E-state index contributed by atoms with van der Waals surface area (Å²) in [5.74, 6) is 0.0668. The first kappa shape index (κ1) is 27.6. The predicted molar refractivity (Wildman–Crippen MR) is 149 cm³/mol. The maximum absolute atomic E-state index is 12.6. The Morgan fingerprint density at radius 3 is 2.35 bits per heavy atom. The van der Waals surface area contributed by atoms with Gasteiger partial charge in [0, 0.05) is 36.3 Å². The molecule has 2 amide bonds. The van der Waals surface area contributed by atoms with Gasteiger partial charge in [-0.15, -0.1) is 0 Å². The van der Waals surface area contributed by atoms with E-state index in [1.165, 1.54) is 69.5 Å². The van der Waals surface area contributed by atoms with Crippen LogP contribution in [0.4, 0.5) is 16.2 Å². The quantitative estimate of drug-likeness (QED) is 0.290.